The van der Waals surface area contributed by atoms with Crippen LogP contribution in [0.3, 0.4) is 0 Å². The van der Waals surface area contributed by atoms with Gasteiger partial charge in [0.25, 0.3) is 0 Å². The van der Waals surface area contributed by atoms with Crippen LogP contribution in [0.4, 0.5) is 0 Å². The Morgan fingerprint density at radius 1 is 1.35 bits per heavy atom. The van der Waals surface area contributed by atoms with Crippen molar-refractivity contribution < 1.29 is 9.59 Å². The summed E-state index contributed by atoms with van der Waals surface area (Å²) in [6.45, 7) is 6.68. The average Bonchev–Trinajstić information content (AvgIpc) is 2.43. The number of hydrogen-bond acceptors (Lipinski definition) is 4. The van der Waals surface area contributed by atoms with Gasteiger partial charge in [0.2, 0.25) is 11.8 Å². The molecule has 2 aliphatic rings. The molecule has 2 amide bonds. The minimum Gasteiger partial charge on any atom is -0.343 e. The lowest BCUT2D eigenvalue weighted by molar-refractivity contribution is -0.151. The fourth-order valence-electron chi connectivity index (χ4n) is 2.80. The third kappa shape index (κ3) is 3.45. The minimum atomic E-state index is -0.334. The third-order valence-corrected chi connectivity index (χ3v) is 6.65. The van der Waals surface area contributed by atoms with Gasteiger partial charge in [-0.3, -0.25) is 9.59 Å². The van der Waals surface area contributed by atoms with Gasteiger partial charge in [-0.2, -0.15) is 23.5 Å². The lowest BCUT2D eigenvalue weighted by atomic mass is 9.96. The van der Waals surface area contributed by atoms with Crippen molar-refractivity contribution in [3.8, 4) is 0 Å². The van der Waals surface area contributed by atoms with E-state index >= 15 is 0 Å². The maximum atomic E-state index is 12.6. The molecule has 0 aromatic rings. The number of amides is 2. The van der Waals surface area contributed by atoms with Gasteiger partial charge < -0.3 is 10.2 Å². The fourth-order valence-corrected chi connectivity index (χ4v) is 5.47. The normalized spacial score (nSPS) is 31.6. The van der Waals surface area contributed by atoms with Crippen LogP contribution in [0.25, 0.3) is 0 Å². The highest BCUT2D eigenvalue weighted by molar-refractivity contribution is 8.06. The van der Waals surface area contributed by atoms with E-state index in [4.69, 9.17) is 0 Å². The minimum absolute atomic E-state index is 0.0138. The van der Waals surface area contributed by atoms with Crippen molar-refractivity contribution >= 4 is 35.3 Å². The van der Waals surface area contributed by atoms with Crippen LogP contribution >= 0.6 is 23.5 Å². The Balaban J connectivity index is 2.13. The molecule has 0 aliphatic carbocycles. The molecule has 0 aromatic carbocycles. The largest absolute Gasteiger partial charge is 0.343 e. The lowest BCUT2D eigenvalue weighted by Crippen LogP contribution is -2.65. The number of nitrogens with zero attached hydrogens (tertiary/aromatic N) is 1. The molecule has 20 heavy (non-hydrogen) atoms. The average molecular weight is 316 g/mol. The van der Waals surface area contributed by atoms with Crippen molar-refractivity contribution in [3.05, 3.63) is 0 Å². The van der Waals surface area contributed by atoms with E-state index in [0.717, 1.165) is 11.5 Å². The van der Waals surface area contributed by atoms with E-state index < -0.39 is 0 Å². The fraction of sp³-hybridized carbons (Fsp3) is 0.857. The first-order valence-corrected chi connectivity index (χ1v) is 9.55. The zero-order valence-corrected chi connectivity index (χ0v) is 14.1. The van der Waals surface area contributed by atoms with E-state index in [1.54, 1.807) is 0 Å². The summed E-state index contributed by atoms with van der Waals surface area (Å²) in [5.74, 6) is 3.69. The summed E-state index contributed by atoms with van der Waals surface area (Å²) in [5, 5.41) is 3.33. The summed E-state index contributed by atoms with van der Waals surface area (Å²) in [6.07, 6.45) is 0.665. The number of piperazine rings is 1. The predicted molar refractivity (Wildman–Crippen MR) is 86.1 cm³/mol. The topological polar surface area (TPSA) is 49.4 Å². The van der Waals surface area contributed by atoms with Crippen molar-refractivity contribution in [1.29, 1.82) is 0 Å². The number of hydrogen-bond donors (Lipinski definition) is 1. The summed E-state index contributed by atoms with van der Waals surface area (Å²) in [4.78, 5) is 26.7. The van der Waals surface area contributed by atoms with Gasteiger partial charge in [-0.1, -0.05) is 20.8 Å². The van der Waals surface area contributed by atoms with Crippen molar-refractivity contribution in [2.24, 2.45) is 5.92 Å². The van der Waals surface area contributed by atoms with Crippen LogP contribution in [0, 0.1) is 5.92 Å². The van der Waals surface area contributed by atoms with Gasteiger partial charge in [0.05, 0.1) is 0 Å². The van der Waals surface area contributed by atoms with Crippen molar-refractivity contribution in [2.75, 3.05) is 23.8 Å². The first-order valence-electron chi connectivity index (χ1n) is 7.34. The van der Waals surface area contributed by atoms with Gasteiger partial charge in [0.1, 0.15) is 12.1 Å². The van der Waals surface area contributed by atoms with Crippen LogP contribution in [0.5, 0.6) is 0 Å². The first-order chi connectivity index (χ1) is 9.54. The first kappa shape index (κ1) is 16.0. The molecule has 6 heteroatoms. The summed E-state index contributed by atoms with van der Waals surface area (Å²) in [7, 11) is 0. The molecule has 4 nitrogen and oxygen atoms in total. The monoisotopic (exact) mass is 316 g/mol. The van der Waals surface area contributed by atoms with Crippen molar-refractivity contribution in [2.45, 2.75) is 44.5 Å². The summed E-state index contributed by atoms with van der Waals surface area (Å²) < 4.78 is 0. The van der Waals surface area contributed by atoms with Crippen LogP contribution in [-0.4, -0.2) is 57.9 Å². The molecule has 2 rings (SSSR count). The van der Waals surface area contributed by atoms with Gasteiger partial charge >= 0.3 is 0 Å². The standard InChI is InChI=1S/C14H24N2O2S2/c1-4-11-14(18)16(7-10-8-19-5-6-20-10)12(9(2)3)13(17)15-11/h9-12H,4-8H2,1-3H3,(H,15,17). The Morgan fingerprint density at radius 3 is 2.65 bits per heavy atom. The van der Waals surface area contributed by atoms with E-state index in [1.807, 2.05) is 49.2 Å². The maximum absolute atomic E-state index is 12.6. The third-order valence-electron chi connectivity index (χ3n) is 3.83. The van der Waals surface area contributed by atoms with E-state index in [9.17, 15) is 9.59 Å². The van der Waals surface area contributed by atoms with Gasteiger partial charge in [-0.15, -0.1) is 0 Å². The van der Waals surface area contributed by atoms with Crippen LogP contribution in [0.2, 0.25) is 0 Å². The Kier molecular flexibility index (Phi) is 5.66. The molecule has 0 spiro atoms. The Labute approximate surface area is 129 Å². The van der Waals surface area contributed by atoms with Gasteiger partial charge in [-0.25, -0.2) is 0 Å². The molecular weight excluding hydrogens is 292 g/mol. The van der Waals surface area contributed by atoms with Crippen molar-refractivity contribution in [1.82, 2.24) is 10.2 Å². The van der Waals surface area contributed by atoms with E-state index in [2.05, 4.69) is 5.32 Å². The quantitative estimate of drug-likeness (QED) is 0.856. The molecule has 2 aliphatic heterocycles. The van der Waals surface area contributed by atoms with Crippen LogP contribution in [-0.2, 0) is 9.59 Å². The number of nitrogens with one attached hydrogen (secondary N) is 1. The smallest absolute Gasteiger partial charge is 0.245 e. The Hall–Kier alpha value is -0.360. The van der Waals surface area contributed by atoms with Crippen LogP contribution in [0.15, 0.2) is 0 Å². The number of thioether (sulfide) groups is 2. The molecule has 0 radical (unpaired) electrons. The Morgan fingerprint density at radius 2 is 2.10 bits per heavy atom. The zero-order valence-electron chi connectivity index (χ0n) is 12.4. The molecule has 0 aromatic heterocycles. The molecule has 2 saturated heterocycles. The summed E-state index contributed by atoms with van der Waals surface area (Å²) >= 11 is 3.89. The van der Waals surface area contributed by atoms with E-state index in [1.165, 1.54) is 5.75 Å². The molecule has 3 unspecified atom stereocenters. The summed E-state index contributed by atoms with van der Waals surface area (Å²) in [5.41, 5.74) is 0. The predicted octanol–water partition coefficient (Wildman–Crippen LogP) is 1.60. The van der Waals surface area contributed by atoms with Crippen LogP contribution in [0.1, 0.15) is 27.2 Å². The second kappa shape index (κ2) is 7.07. The van der Waals surface area contributed by atoms with Gasteiger partial charge in [0.15, 0.2) is 0 Å². The highest BCUT2D eigenvalue weighted by Gasteiger charge is 2.42. The molecular formula is C14H24N2O2S2. The second-order valence-electron chi connectivity index (χ2n) is 5.72. The molecule has 2 fully saturated rings. The van der Waals surface area contributed by atoms with E-state index in [0.29, 0.717) is 18.2 Å². The van der Waals surface area contributed by atoms with Gasteiger partial charge in [0, 0.05) is 29.1 Å². The number of rotatable bonds is 4. The molecule has 3 atom stereocenters. The molecule has 114 valence electrons. The molecule has 1 N–H and O–H groups in total. The number of carbonyl (C=O) groups is 2. The highest BCUT2D eigenvalue weighted by Crippen LogP contribution is 2.27. The molecule has 2 heterocycles. The molecule has 0 bridgehead atoms. The Bertz CT molecular complexity index is 370. The van der Waals surface area contributed by atoms with Crippen LogP contribution < -0.4 is 5.32 Å². The van der Waals surface area contributed by atoms with E-state index in [-0.39, 0.29) is 29.8 Å². The highest BCUT2D eigenvalue weighted by atomic mass is 32.2. The number of carbonyl (C=O) groups excluding carboxylic acids is 2. The molecule has 0 saturated carbocycles. The second-order valence-corrected chi connectivity index (χ2v) is 8.27. The zero-order chi connectivity index (χ0) is 14.7. The summed E-state index contributed by atoms with van der Waals surface area (Å²) in [6, 6.07) is -0.642. The SMILES string of the molecule is CCC1NC(=O)C(C(C)C)N(CC2CSCCS2)C1=O. The lowest BCUT2D eigenvalue weighted by Gasteiger charge is -2.42. The van der Waals surface area contributed by atoms with Gasteiger partial charge in [-0.05, 0) is 12.3 Å². The van der Waals surface area contributed by atoms with Crippen molar-refractivity contribution in [3.63, 3.8) is 0 Å². The maximum Gasteiger partial charge on any atom is 0.245 e.